The van der Waals surface area contributed by atoms with Gasteiger partial charge < -0.3 is 0 Å². The number of hydrogen-bond acceptors (Lipinski definition) is 6. The maximum Gasteiger partial charge on any atom is 0.266 e. The zero-order chi connectivity index (χ0) is 24.0. The molecule has 3 aromatic rings. The minimum Gasteiger partial charge on any atom is -0.268 e. The smallest absolute Gasteiger partial charge is 0.266 e. The number of anilines is 2. The number of nitrogens with zero attached hydrogens (tertiary/aromatic N) is 8. The quantitative estimate of drug-likeness (QED) is 0.231. The molecule has 34 heavy (non-hydrogen) atoms. The highest BCUT2D eigenvalue weighted by molar-refractivity contribution is 6.37. The highest BCUT2D eigenvalue weighted by Gasteiger charge is 2.40. The third kappa shape index (κ3) is 2.81. The summed E-state index contributed by atoms with van der Waals surface area (Å²) in [6, 6.07) is 14.5. The molecule has 0 aliphatic carbocycles. The summed E-state index contributed by atoms with van der Waals surface area (Å²) in [5.74, 6) is -2.50. The first-order valence-corrected chi connectivity index (χ1v) is 9.71. The zero-order valence-electron chi connectivity index (χ0n) is 17.0. The fourth-order valence-electron chi connectivity index (χ4n) is 4.02. The standard InChI is InChI=1S/C22H10N8O4/c23-27-25-15-5-1-3-13-17(15)21(33)29(19(13)31)11-7-9-12(10-8-11)30-20(32)14-4-2-6-16(26-28-24)18(14)22(30)34/h1-10H. The normalized spacial score (nSPS) is 14.0. The number of carbonyl (C=O) groups excluding carboxylic acids is 4. The highest BCUT2D eigenvalue weighted by Crippen LogP contribution is 2.37. The van der Waals surface area contributed by atoms with Crippen LogP contribution in [0, 0.1) is 0 Å². The first-order chi connectivity index (χ1) is 16.5. The fourth-order valence-corrected chi connectivity index (χ4v) is 4.02. The predicted molar refractivity (Wildman–Crippen MR) is 119 cm³/mol. The molecule has 2 aliphatic rings. The van der Waals surface area contributed by atoms with Gasteiger partial charge in [-0.3, -0.25) is 19.2 Å². The van der Waals surface area contributed by atoms with Gasteiger partial charge in [0.1, 0.15) is 0 Å². The van der Waals surface area contributed by atoms with E-state index in [-0.39, 0.29) is 45.0 Å². The molecule has 162 valence electrons. The van der Waals surface area contributed by atoms with Crippen LogP contribution in [-0.2, 0) is 0 Å². The molecule has 0 unspecified atom stereocenters. The molecule has 5 rings (SSSR count). The molecule has 0 saturated heterocycles. The van der Waals surface area contributed by atoms with Gasteiger partial charge in [0.25, 0.3) is 23.6 Å². The van der Waals surface area contributed by atoms with E-state index in [9.17, 15) is 19.2 Å². The second kappa shape index (κ2) is 7.61. The first-order valence-electron chi connectivity index (χ1n) is 9.71. The van der Waals surface area contributed by atoms with Crippen LogP contribution in [0.15, 0.2) is 70.9 Å². The molecule has 12 nitrogen and oxygen atoms in total. The Morgan fingerprint density at radius 2 is 0.941 bits per heavy atom. The molecular weight excluding hydrogens is 440 g/mol. The lowest BCUT2D eigenvalue weighted by molar-refractivity contribution is 0.0909. The lowest BCUT2D eigenvalue weighted by atomic mass is 10.1. The van der Waals surface area contributed by atoms with E-state index in [1.807, 2.05) is 0 Å². The van der Waals surface area contributed by atoms with Gasteiger partial charge in [-0.25, -0.2) is 9.80 Å². The van der Waals surface area contributed by atoms with E-state index >= 15 is 0 Å². The molecule has 0 spiro atoms. The Morgan fingerprint density at radius 3 is 1.29 bits per heavy atom. The van der Waals surface area contributed by atoms with Crippen molar-refractivity contribution in [3.63, 3.8) is 0 Å². The van der Waals surface area contributed by atoms with E-state index in [0.717, 1.165) is 9.80 Å². The lowest BCUT2D eigenvalue weighted by Gasteiger charge is -2.17. The Balaban J connectivity index is 1.50. The van der Waals surface area contributed by atoms with Gasteiger partial charge >= 0.3 is 0 Å². The van der Waals surface area contributed by atoms with Gasteiger partial charge in [-0.15, -0.1) is 0 Å². The average molecular weight is 450 g/mol. The van der Waals surface area contributed by atoms with Gasteiger partial charge in [0.05, 0.1) is 45.0 Å². The fraction of sp³-hybridized carbons (Fsp3) is 0. The zero-order valence-corrected chi connectivity index (χ0v) is 17.0. The Hall–Kier alpha value is -5.44. The number of azide groups is 2. The highest BCUT2D eigenvalue weighted by atomic mass is 16.2. The second-order valence-electron chi connectivity index (χ2n) is 7.19. The predicted octanol–water partition coefficient (Wildman–Crippen LogP) is 5.17. The average Bonchev–Trinajstić information content (AvgIpc) is 3.25. The number of hydrogen-bond donors (Lipinski definition) is 0. The van der Waals surface area contributed by atoms with Crippen molar-refractivity contribution >= 4 is 46.4 Å². The largest absolute Gasteiger partial charge is 0.268 e. The van der Waals surface area contributed by atoms with Crippen molar-refractivity contribution in [1.29, 1.82) is 0 Å². The lowest BCUT2D eigenvalue weighted by Crippen LogP contribution is -2.30. The molecule has 0 bridgehead atoms. The van der Waals surface area contributed by atoms with Crippen LogP contribution in [0.25, 0.3) is 20.9 Å². The molecule has 3 aromatic carbocycles. The molecule has 0 aromatic heterocycles. The number of benzene rings is 3. The monoisotopic (exact) mass is 450 g/mol. The van der Waals surface area contributed by atoms with Gasteiger partial charge in [-0.2, -0.15) is 0 Å². The third-order valence-corrected chi connectivity index (χ3v) is 5.46. The molecule has 0 N–H and O–H groups in total. The molecule has 4 amide bonds. The van der Waals surface area contributed by atoms with E-state index in [2.05, 4.69) is 20.1 Å². The van der Waals surface area contributed by atoms with Crippen LogP contribution in [0.2, 0.25) is 0 Å². The minimum absolute atomic E-state index is 0.000279. The number of fused-ring (bicyclic) bond motifs is 2. The van der Waals surface area contributed by atoms with Crippen LogP contribution >= 0.6 is 0 Å². The molecule has 2 aliphatic heterocycles. The summed E-state index contributed by atoms with van der Waals surface area (Å²) in [6.45, 7) is 0. The van der Waals surface area contributed by atoms with Gasteiger partial charge in [-0.1, -0.05) is 34.5 Å². The van der Waals surface area contributed by atoms with Crippen molar-refractivity contribution in [3.05, 3.63) is 104 Å². The number of carbonyl (C=O) groups is 4. The van der Waals surface area contributed by atoms with E-state index in [1.54, 1.807) is 0 Å². The molecular formula is C22H10N8O4. The Labute approximate surface area is 189 Å². The molecule has 0 atom stereocenters. The van der Waals surface area contributed by atoms with Crippen LogP contribution < -0.4 is 9.80 Å². The summed E-state index contributed by atoms with van der Waals surface area (Å²) in [5.41, 5.74) is 18.2. The van der Waals surface area contributed by atoms with Gasteiger partial charge in [0.15, 0.2) is 0 Å². The van der Waals surface area contributed by atoms with Crippen molar-refractivity contribution < 1.29 is 19.2 Å². The first kappa shape index (κ1) is 20.5. The van der Waals surface area contributed by atoms with Crippen LogP contribution in [0.4, 0.5) is 22.7 Å². The van der Waals surface area contributed by atoms with Gasteiger partial charge in [-0.05, 0) is 47.5 Å². The molecule has 0 radical (unpaired) electrons. The van der Waals surface area contributed by atoms with E-state index in [4.69, 9.17) is 11.1 Å². The van der Waals surface area contributed by atoms with Crippen LogP contribution in [0.1, 0.15) is 41.4 Å². The van der Waals surface area contributed by atoms with Crippen LogP contribution in [0.3, 0.4) is 0 Å². The maximum absolute atomic E-state index is 13.0. The molecule has 2 heterocycles. The Bertz CT molecular complexity index is 1430. The summed E-state index contributed by atoms with van der Waals surface area (Å²) < 4.78 is 0. The number of rotatable bonds is 4. The molecule has 0 fully saturated rings. The third-order valence-electron chi connectivity index (χ3n) is 5.46. The Morgan fingerprint density at radius 1 is 0.559 bits per heavy atom. The van der Waals surface area contributed by atoms with Crippen LogP contribution in [0.5, 0.6) is 0 Å². The maximum atomic E-state index is 13.0. The molecule has 0 saturated carbocycles. The summed E-state index contributed by atoms with van der Waals surface area (Å²) in [4.78, 5) is 58.9. The van der Waals surface area contributed by atoms with E-state index in [0.29, 0.717) is 0 Å². The van der Waals surface area contributed by atoms with Crippen molar-refractivity contribution in [2.75, 3.05) is 9.80 Å². The van der Waals surface area contributed by atoms with E-state index in [1.165, 1.54) is 60.7 Å². The van der Waals surface area contributed by atoms with Crippen molar-refractivity contribution in [2.45, 2.75) is 0 Å². The summed E-state index contributed by atoms with van der Waals surface area (Å²) in [5, 5.41) is 6.97. The van der Waals surface area contributed by atoms with Crippen molar-refractivity contribution in [1.82, 2.24) is 0 Å². The SMILES string of the molecule is [N-]=[N+]=Nc1cccc2c1C(=O)N(c1ccc(N3C(=O)c4cccc(N=[N+]=[N-])c4C3=O)cc1)C2=O. The minimum atomic E-state index is -0.657. The van der Waals surface area contributed by atoms with Gasteiger partial charge in [0, 0.05) is 9.82 Å². The van der Waals surface area contributed by atoms with E-state index < -0.39 is 23.6 Å². The summed E-state index contributed by atoms with van der Waals surface area (Å²) in [6.07, 6.45) is 0. The number of amides is 4. The molecule has 12 heteroatoms. The topological polar surface area (TPSA) is 172 Å². The summed E-state index contributed by atoms with van der Waals surface area (Å²) >= 11 is 0. The summed E-state index contributed by atoms with van der Waals surface area (Å²) in [7, 11) is 0. The van der Waals surface area contributed by atoms with Crippen molar-refractivity contribution in [3.8, 4) is 0 Å². The number of imide groups is 2. The van der Waals surface area contributed by atoms with Gasteiger partial charge in [0.2, 0.25) is 0 Å². The Kier molecular flexibility index (Phi) is 4.58. The van der Waals surface area contributed by atoms with Crippen LogP contribution in [-0.4, -0.2) is 23.6 Å². The van der Waals surface area contributed by atoms with Crippen molar-refractivity contribution in [2.24, 2.45) is 10.2 Å². The second-order valence-corrected chi connectivity index (χ2v) is 7.19.